The maximum Gasteiger partial charge on any atom is 0.416 e. The van der Waals surface area contributed by atoms with Gasteiger partial charge in [-0.25, -0.2) is 13.4 Å². The molecule has 1 fully saturated rings. The molecule has 33 heavy (non-hydrogen) atoms. The Labute approximate surface area is 190 Å². The van der Waals surface area contributed by atoms with Crippen LogP contribution in [0.1, 0.15) is 22.6 Å². The zero-order valence-corrected chi connectivity index (χ0v) is 18.6. The molecule has 0 bridgehead atoms. The summed E-state index contributed by atoms with van der Waals surface area (Å²) in [6, 6.07) is 12.3. The number of rotatable bonds is 6. The second kappa shape index (κ2) is 8.81. The van der Waals surface area contributed by atoms with E-state index >= 15 is 0 Å². The molecule has 1 aliphatic rings. The van der Waals surface area contributed by atoms with Gasteiger partial charge in [0.2, 0.25) is 0 Å². The van der Waals surface area contributed by atoms with Crippen molar-refractivity contribution in [3.63, 3.8) is 0 Å². The van der Waals surface area contributed by atoms with Crippen LogP contribution < -0.4 is 11.1 Å². The lowest BCUT2D eigenvalue weighted by atomic mass is 9.94. The Morgan fingerprint density at radius 2 is 1.88 bits per heavy atom. The van der Waals surface area contributed by atoms with Gasteiger partial charge in [0, 0.05) is 50.5 Å². The minimum Gasteiger partial charge on any atom is -0.398 e. The van der Waals surface area contributed by atoms with Gasteiger partial charge in [0.05, 0.1) is 11.9 Å². The summed E-state index contributed by atoms with van der Waals surface area (Å²) in [4.78, 5) is 3.98. The zero-order valence-electron chi connectivity index (χ0n) is 17.8. The minimum absolute atomic E-state index is 0.0421. The third-order valence-electron chi connectivity index (χ3n) is 5.82. The highest BCUT2D eigenvalue weighted by atomic mass is 32.2. The molecule has 0 radical (unpaired) electrons. The van der Waals surface area contributed by atoms with Crippen LogP contribution in [0.25, 0.3) is 0 Å². The van der Waals surface area contributed by atoms with Gasteiger partial charge in [0.1, 0.15) is 0 Å². The van der Waals surface area contributed by atoms with E-state index in [2.05, 4.69) is 10.3 Å². The fourth-order valence-corrected chi connectivity index (χ4v) is 5.50. The first-order valence-electron chi connectivity index (χ1n) is 10.3. The first-order valence-corrected chi connectivity index (χ1v) is 11.7. The number of aromatic nitrogens is 2. The highest BCUT2D eigenvalue weighted by Gasteiger charge is 2.40. The molecule has 2 heterocycles. The van der Waals surface area contributed by atoms with E-state index in [4.69, 9.17) is 5.73 Å². The average Bonchev–Trinajstić information content (AvgIpc) is 3.40. The molecule has 176 valence electrons. The summed E-state index contributed by atoms with van der Waals surface area (Å²) in [6.45, 7) is 0.442. The topological polar surface area (TPSA) is 93.2 Å². The number of sulfonamides is 1. The number of nitrogens with zero attached hydrogens (tertiary/aromatic N) is 3. The molecular formula is C22H24F3N5O2S. The maximum atomic E-state index is 13.1. The van der Waals surface area contributed by atoms with Crippen molar-refractivity contribution in [3.05, 3.63) is 77.7 Å². The second-order valence-corrected chi connectivity index (χ2v) is 10.0. The Morgan fingerprint density at radius 1 is 1.15 bits per heavy atom. The van der Waals surface area contributed by atoms with Gasteiger partial charge in [-0.15, -0.1) is 0 Å². The monoisotopic (exact) mass is 479 g/mol. The molecule has 2 atom stereocenters. The van der Waals surface area contributed by atoms with Gasteiger partial charge in [-0.2, -0.15) is 17.5 Å². The third kappa shape index (κ3) is 4.90. The van der Waals surface area contributed by atoms with Crippen molar-refractivity contribution in [1.29, 1.82) is 0 Å². The average molecular weight is 480 g/mol. The molecule has 0 amide bonds. The quantitative estimate of drug-likeness (QED) is 0.531. The Morgan fingerprint density at radius 3 is 2.52 bits per heavy atom. The third-order valence-corrected chi connectivity index (χ3v) is 7.54. The van der Waals surface area contributed by atoms with Crippen molar-refractivity contribution in [3.8, 4) is 0 Å². The number of nitrogen functional groups attached to an aromatic ring is 1. The Bertz CT molecular complexity index is 1230. The number of alkyl halides is 3. The summed E-state index contributed by atoms with van der Waals surface area (Å²) in [6.07, 6.45) is -1.61. The number of nitrogens with two attached hydrogens (primary N) is 1. The number of hydrogen-bond acceptors (Lipinski definition) is 5. The number of hydrogen-bond donors (Lipinski definition) is 2. The predicted molar refractivity (Wildman–Crippen MR) is 118 cm³/mol. The lowest BCUT2D eigenvalue weighted by Gasteiger charge is -2.21. The van der Waals surface area contributed by atoms with Gasteiger partial charge in [0.25, 0.3) is 10.0 Å². The van der Waals surface area contributed by atoms with E-state index in [0.29, 0.717) is 5.56 Å². The van der Waals surface area contributed by atoms with Crippen LogP contribution >= 0.6 is 0 Å². The molecule has 0 aliphatic carbocycles. The number of benzene rings is 2. The van der Waals surface area contributed by atoms with E-state index < -0.39 is 21.8 Å². The van der Waals surface area contributed by atoms with E-state index in [1.165, 1.54) is 22.9 Å². The Kier molecular flexibility index (Phi) is 6.21. The molecule has 4 rings (SSSR count). The normalized spacial score (nSPS) is 19.8. The number of halogens is 3. The first kappa shape index (κ1) is 23.3. The van der Waals surface area contributed by atoms with Crippen molar-refractivity contribution in [1.82, 2.24) is 19.2 Å². The highest BCUT2D eigenvalue weighted by Crippen LogP contribution is 2.33. The lowest BCUT2D eigenvalue weighted by Crippen LogP contribution is -2.36. The second-order valence-electron chi connectivity index (χ2n) is 8.12. The number of aryl methyl sites for hydroxylation is 1. The largest absolute Gasteiger partial charge is 0.416 e. The van der Waals surface area contributed by atoms with Crippen LogP contribution in [0, 0.1) is 0 Å². The Balaban J connectivity index is 1.59. The smallest absolute Gasteiger partial charge is 0.398 e. The van der Waals surface area contributed by atoms with Crippen LogP contribution in [0.5, 0.6) is 0 Å². The molecule has 2 aromatic carbocycles. The molecule has 11 heteroatoms. The van der Waals surface area contributed by atoms with Crippen molar-refractivity contribution in [2.24, 2.45) is 7.05 Å². The van der Waals surface area contributed by atoms with Crippen LogP contribution in [0.3, 0.4) is 0 Å². The van der Waals surface area contributed by atoms with Gasteiger partial charge in [-0.1, -0.05) is 30.3 Å². The fraction of sp³-hybridized carbons (Fsp3) is 0.318. The van der Waals surface area contributed by atoms with Crippen molar-refractivity contribution < 1.29 is 21.6 Å². The van der Waals surface area contributed by atoms with E-state index in [0.717, 1.165) is 17.7 Å². The van der Waals surface area contributed by atoms with E-state index in [1.807, 2.05) is 30.3 Å². The number of anilines is 1. The standard InChI is InChI=1S/C22H24F3N5O2S/c1-29-13-21(28-14-29)33(31,32)30-11-18(15-5-3-2-4-6-15)20(12-30)27-10-16-9-17(22(23,24)25)7-8-19(16)26/h2-9,13-14,18,20,27H,10-12,26H2,1H3. The SMILES string of the molecule is Cn1cnc(S(=O)(=O)N2CC(NCc3cc(C(F)(F)F)ccc3N)C(c3ccccc3)C2)c1. The molecule has 2 unspecified atom stereocenters. The summed E-state index contributed by atoms with van der Waals surface area (Å²) in [7, 11) is -2.13. The summed E-state index contributed by atoms with van der Waals surface area (Å²) >= 11 is 0. The number of nitrogens with one attached hydrogen (secondary N) is 1. The van der Waals surface area contributed by atoms with Crippen molar-refractivity contribution >= 4 is 15.7 Å². The molecule has 1 saturated heterocycles. The maximum absolute atomic E-state index is 13.1. The Hall–Kier alpha value is -2.89. The van der Waals surface area contributed by atoms with Crippen molar-refractivity contribution in [2.45, 2.75) is 29.7 Å². The summed E-state index contributed by atoms with van der Waals surface area (Å²) < 4.78 is 68.6. The van der Waals surface area contributed by atoms with Crippen LogP contribution in [-0.4, -0.2) is 41.4 Å². The van der Waals surface area contributed by atoms with Crippen LogP contribution in [0.2, 0.25) is 0 Å². The summed E-state index contributed by atoms with van der Waals surface area (Å²) in [5, 5.41) is 3.20. The lowest BCUT2D eigenvalue weighted by molar-refractivity contribution is -0.137. The number of imidazole rings is 1. The van der Waals surface area contributed by atoms with Crippen LogP contribution in [-0.2, 0) is 29.8 Å². The summed E-state index contributed by atoms with van der Waals surface area (Å²) in [5.41, 5.74) is 6.62. The molecule has 7 nitrogen and oxygen atoms in total. The highest BCUT2D eigenvalue weighted by molar-refractivity contribution is 7.89. The zero-order chi connectivity index (χ0) is 23.8. The fourth-order valence-electron chi connectivity index (χ4n) is 4.04. The van der Waals surface area contributed by atoms with Gasteiger partial charge in [0.15, 0.2) is 5.03 Å². The molecule has 3 N–H and O–H groups in total. The van der Waals surface area contributed by atoms with E-state index in [9.17, 15) is 21.6 Å². The van der Waals surface area contributed by atoms with Crippen LogP contribution in [0.4, 0.5) is 18.9 Å². The van der Waals surface area contributed by atoms with Gasteiger partial charge < -0.3 is 15.6 Å². The molecular weight excluding hydrogens is 455 g/mol. The predicted octanol–water partition coefficient (Wildman–Crippen LogP) is 2.97. The van der Waals surface area contributed by atoms with Gasteiger partial charge in [-0.3, -0.25) is 0 Å². The summed E-state index contributed by atoms with van der Waals surface area (Å²) in [5.74, 6) is -0.197. The molecule has 0 spiro atoms. The van der Waals surface area contributed by atoms with Gasteiger partial charge in [-0.05, 0) is 29.3 Å². The van der Waals surface area contributed by atoms with Crippen molar-refractivity contribution in [2.75, 3.05) is 18.8 Å². The molecule has 1 aromatic heterocycles. The molecule has 1 aliphatic heterocycles. The van der Waals surface area contributed by atoms with Crippen LogP contribution in [0.15, 0.2) is 66.1 Å². The first-order chi connectivity index (χ1) is 15.6. The van der Waals surface area contributed by atoms with Gasteiger partial charge >= 0.3 is 6.18 Å². The van der Waals surface area contributed by atoms with E-state index in [-0.39, 0.29) is 42.3 Å². The minimum atomic E-state index is -4.48. The molecule has 0 saturated carbocycles. The van der Waals surface area contributed by atoms with E-state index in [1.54, 1.807) is 11.6 Å². The molecule has 3 aromatic rings.